The molecule has 0 saturated carbocycles. The van der Waals surface area contributed by atoms with Crippen molar-refractivity contribution < 1.29 is 0 Å². The van der Waals surface area contributed by atoms with Crippen LogP contribution in [0.3, 0.4) is 0 Å². The molecule has 0 spiro atoms. The molecule has 0 atom stereocenters. The van der Waals surface area contributed by atoms with E-state index in [-0.39, 0.29) is 0 Å². The van der Waals surface area contributed by atoms with Crippen LogP contribution < -0.4 is 10.6 Å². The standard InChI is InChI=1S/C12H19N3/c1-10-4-6-11(7-5-10)8-9-15-12(13-2)14-3/h4-7H,8-9H2,1-3H3,(H2,13,14,15). The molecule has 0 aliphatic carbocycles. The lowest BCUT2D eigenvalue weighted by molar-refractivity contribution is 0.834. The zero-order chi connectivity index (χ0) is 11.1. The van der Waals surface area contributed by atoms with Crippen LogP contribution in [0.5, 0.6) is 0 Å². The monoisotopic (exact) mass is 205 g/mol. The van der Waals surface area contributed by atoms with Crippen LogP contribution in [-0.4, -0.2) is 26.6 Å². The second-order valence-electron chi connectivity index (χ2n) is 3.48. The Balaban J connectivity index is 2.35. The van der Waals surface area contributed by atoms with Crippen LogP contribution in [0.15, 0.2) is 29.3 Å². The van der Waals surface area contributed by atoms with E-state index in [1.807, 2.05) is 7.05 Å². The van der Waals surface area contributed by atoms with E-state index in [0.717, 1.165) is 18.9 Å². The highest BCUT2D eigenvalue weighted by molar-refractivity contribution is 5.79. The van der Waals surface area contributed by atoms with E-state index < -0.39 is 0 Å². The molecule has 15 heavy (non-hydrogen) atoms. The van der Waals surface area contributed by atoms with Crippen molar-refractivity contribution in [1.29, 1.82) is 0 Å². The van der Waals surface area contributed by atoms with Crippen molar-refractivity contribution in [2.24, 2.45) is 4.99 Å². The molecular formula is C12H19N3. The molecule has 1 rings (SSSR count). The Bertz CT molecular complexity index is 314. The number of hydrogen-bond donors (Lipinski definition) is 2. The fraction of sp³-hybridized carbons (Fsp3) is 0.417. The van der Waals surface area contributed by atoms with Gasteiger partial charge in [-0.05, 0) is 18.9 Å². The molecule has 3 heteroatoms. The molecule has 0 fully saturated rings. The molecule has 82 valence electrons. The normalized spacial score (nSPS) is 11.3. The smallest absolute Gasteiger partial charge is 0.190 e. The number of guanidine groups is 1. The first-order valence-corrected chi connectivity index (χ1v) is 5.20. The average molecular weight is 205 g/mol. The molecule has 0 aliphatic rings. The van der Waals surface area contributed by atoms with Crippen LogP contribution in [0.4, 0.5) is 0 Å². The van der Waals surface area contributed by atoms with Gasteiger partial charge < -0.3 is 10.6 Å². The van der Waals surface area contributed by atoms with Crippen molar-refractivity contribution in [2.75, 3.05) is 20.6 Å². The molecule has 0 aliphatic heterocycles. The van der Waals surface area contributed by atoms with E-state index in [1.165, 1.54) is 11.1 Å². The molecule has 0 unspecified atom stereocenters. The summed E-state index contributed by atoms with van der Waals surface area (Å²) < 4.78 is 0. The van der Waals surface area contributed by atoms with Gasteiger partial charge in [0.25, 0.3) is 0 Å². The van der Waals surface area contributed by atoms with E-state index in [0.29, 0.717) is 0 Å². The van der Waals surface area contributed by atoms with E-state index in [1.54, 1.807) is 7.05 Å². The molecule has 0 bridgehead atoms. The van der Waals surface area contributed by atoms with Crippen LogP contribution in [0.2, 0.25) is 0 Å². The van der Waals surface area contributed by atoms with Gasteiger partial charge in [-0.2, -0.15) is 0 Å². The Morgan fingerprint density at radius 2 is 1.93 bits per heavy atom. The molecular weight excluding hydrogens is 186 g/mol. The maximum atomic E-state index is 4.05. The number of nitrogens with one attached hydrogen (secondary N) is 2. The number of rotatable bonds is 3. The summed E-state index contributed by atoms with van der Waals surface area (Å²) in [7, 11) is 3.63. The average Bonchev–Trinajstić information content (AvgIpc) is 2.27. The maximum Gasteiger partial charge on any atom is 0.190 e. The molecule has 2 N–H and O–H groups in total. The lowest BCUT2D eigenvalue weighted by Gasteiger charge is -2.08. The van der Waals surface area contributed by atoms with Crippen molar-refractivity contribution in [3.05, 3.63) is 35.4 Å². The highest BCUT2D eigenvalue weighted by Gasteiger charge is 1.94. The van der Waals surface area contributed by atoms with Gasteiger partial charge in [0.2, 0.25) is 0 Å². The van der Waals surface area contributed by atoms with Crippen molar-refractivity contribution >= 4 is 5.96 Å². The number of nitrogens with zero attached hydrogens (tertiary/aromatic N) is 1. The van der Waals surface area contributed by atoms with Gasteiger partial charge in [-0.1, -0.05) is 29.8 Å². The van der Waals surface area contributed by atoms with Crippen LogP contribution in [0, 0.1) is 6.92 Å². The van der Waals surface area contributed by atoms with E-state index >= 15 is 0 Å². The minimum Gasteiger partial charge on any atom is -0.359 e. The van der Waals surface area contributed by atoms with Crippen molar-refractivity contribution in [3.8, 4) is 0 Å². The number of hydrogen-bond acceptors (Lipinski definition) is 1. The number of aliphatic imine (C=N–C) groups is 1. The summed E-state index contributed by atoms with van der Waals surface area (Å²) >= 11 is 0. The minimum atomic E-state index is 0.835. The van der Waals surface area contributed by atoms with Crippen LogP contribution in [0.25, 0.3) is 0 Å². The fourth-order valence-electron chi connectivity index (χ4n) is 1.36. The first-order valence-electron chi connectivity index (χ1n) is 5.20. The highest BCUT2D eigenvalue weighted by Crippen LogP contribution is 2.02. The predicted octanol–water partition coefficient (Wildman–Crippen LogP) is 1.33. The fourth-order valence-corrected chi connectivity index (χ4v) is 1.36. The Morgan fingerprint density at radius 3 is 2.47 bits per heavy atom. The first-order chi connectivity index (χ1) is 7.26. The van der Waals surface area contributed by atoms with Gasteiger partial charge in [0.05, 0.1) is 0 Å². The molecule has 0 saturated heterocycles. The molecule has 0 aromatic heterocycles. The summed E-state index contributed by atoms with van der Waals surface area (Å²) in [5.74, 6) is 0.835. The van der Waals surface area contributed by atoms with E-state index in [2.05, 4.69) is 46.8 Å². The lowest BCUT2D eigenvalue weighted by atomic mass is 10.1. The summed E-state index contributed by atoms with van der Waals surface area (Å²) in [5.41, 5.74) is 2.65. The third kappa shape index (κ3) is 4.02. The van der Waals surface area contributed by atoms with Crippen LogP contribution in [-0.2, 0) is 6.42 Å². The minimum absolute atomic E-state index is 0.835. The molecule has 0 heterocycles. The second kappa shape index (κ2) is 6.06. The molecule has 1 aromatic rings. The summed E-state index contributed by atoms with van der Waals surface area (Å²) in [6.45, 7) is 3.00. The predicted molar refractivity (Wildman–Crippen MR) is 65.3 cm³/mol. The number of aryl methyl sites for hydroxylation is 1. The number of benzene rings is 1. The van der Waals surface area contributed by atoms with Gasteiger partial charge >= 0.3 is 0 Å². The van der Waals surface area contributed by atoms with Gasteiger partial charge in [0.1, 0.15) is 0 Å². The van der Waals surface area contributed by atoms with Gasteiger partial charge in [0.15, 0.2) is 5.96 Å². The van der Waals surface area contributed by atoms with Crippen molar-refractivity contribution in [3.63, 3.8) is 0 Å². The Hall–Kier alpha value is -1.51. The Labute approximate surface area is 91.6 Å². The lowest BCUT2D eigenvalue weighted by Crippen LogP contribution is -2.35. The summed E-state index contributed by atoms with van der Waals surface area (Å²) in [5, 5.41) is 6.21. The van der Waals surface area contributed by atoms with Gasteiger partial charge in [-0.15, -0.1) is 0 Å². The van der Waals surface area contributed by atoms with Gasteiger partial charge in [0, 0.05) is 20.6 Å². The van der Waals surface area contributed by atoms with Crippen LogP contribution in [0.1, 0.15) is 11.1 Å². The Kier molecular flexibility index (Phi) is 4.68. The topological polar surface area (TPSA) is 36.4 Å². The molecule has 0 amide bonds. The van der Waals surface area contributed by atoms with Crippen molar-refractivity contribution in [1.82, 2.24) is 10.6 Å². The summed E-state index contributed by atoms with van der Waals surface area (Å²) in [4.78, 5) is 4.05. The SMILES string of the molecule is CN=C(NC)NCCc1ccc(C)cc1. The third-order valence-corrected chi connectivity index (χ3v) is 2.29. The largest absolute Gasteiger partial charge is 0.359 e. The van der Waals surface area contributed by atoms with Crippen LogP contribution >= 0.6 is 0 Å². The van der Waals surface area contributed by atoms with E-state index in [9.17, 15) is 0 Å². The Morgan fingerprint density at radius 1 is 1.27 bits per heavy atom. The third-order valence-electron chi connectivity index (χ3n) is 2.29. The maximum absolute atomic E-state index is 4.05. The van der Waals surface area contributed by atoms with Gasteiger partial charge in [-0.3, -0.25) is 4.99 Å². The summed E-state index contributed by atoms with van der Waals surface area (Å²) in [6, 6.07) is 8.61. The van der Waals surface area contributed by atoms with Crippen molar-refractivity contribution in [2.45, 2.75) is 13.3 Å². The van der Waals surface area contributed by atoms with Gasteiger partial charge in [-0.25, -0.2) is 0 Å². The molecule has 3 nitrogen and oxygen atoms in total. The zero-order valence-corrected chi connectivity index (χ0v) is 9.67. The highest BCUT2D eigenvalue weighted by atomic mass is 15.1. The second-order valence-corrected chi connectivity index (χ2v) is 3.48. The van der Waals surface area contributed by atoms with E-state index in [4.69, 9.17) is 0 Å². The quantitative estimate of drug-likeness (QED) is 0.577. The first kappa shape index (κ1) is 11.6. The zero-order valence-electron chi connectivity index (χ0n) is 9.67. The molecule has 1 aromatic carbocycles. The summed E-state index contributed by atoms with van der Waals surface area (Å²) in [6.07, 6.45) is 1.01. The molecule has 0 radical (unpaired) electrons.